The van der Waals surface area contributed by atoms with Gasteiger partial charge in [-0.05, 0) is 51.7 Å². The van der Waals surface area contributed by atoms with E-state index in [0.29, 0.717) is 31.1 Å². The van der Waals surface area contributed by atoms with Crippen molar-refractivity contribution in [3.8, 4) is 5.75 Å². The number of aromatic amines is 1. The first-order valence-corrected chi connectivity index (χ1v) is 10.7. The van der Waals surface area contributed by atoms with E-state index in [2.05, 4.69) is 29.4 Å². The molecule has 3 rings (SSSR count). The number of hydrogen-bond acceptors (Lipinski definition) is 5. The number of aromatic nitrogens is 2. The Morgan fingerprint density at radius 1 is 1.19 bits per heavy atom. The number of benzene rings is 1. The average Bonchev–Trinajstić information content (AvgIpc) is 3.09. The van der Waals surface area contributed by atoms with E-state index < -0.39 is 11.7 Å². The Kier molecular flexibility index (Phi) is 6.57. The van der Waals surface area contributed by atoms with Gasteiger partial charge in [0.25, 0.3) is 5.91 Å². The van der Waals surface area contributed by atoms with Gasteiger partial charge in [0.15, 0.2) is 11.9 Å². The highest BCUT2D eigenvalue weighted by Gasteiger charge is 2.29. The number of nitrogens with one attached hydrogen (secondary N) is 2. The second-order valence-corrected chi connectivity index (χ2v) is 9.12. The second-order valence-electron chi connectivity index (χ2n) is 9.12. The van der Waals surface area contributed by atoms with Gasteiger partial charge in [-0.15, -0.1) is 0 Å². The summed E-state index contributed by atoms with van der Waals surface area (Å²) in [5.74, 6) is 1.20. The highest BCUT2D eigenvalue weighted by molar-refractivity contribution is 5.94. The molecule has 31 heavy (non-hydrogen) atoms. The molecule has 8 heteroatoms. The number of hydrogen-bond donors (Lipinski definition) is 2. The Morgan fingerprint density at radius 2 is 1.90 bits per heavy atom. The normalized spacial score (nSPS) is 14.7. The highest BCUT2D eigenvalue weighted by Crippen LogP contribution is 2.28. The Labute approximate surface area is 183 Å². The van der Waals surface area contributed by atoms with Crippen molar-refractivity contribution >= 4 is 17.8 Å². The van der Waals surface area contributed by atoms with E-state index in [1.807, 2.05) is 45.0 Å². The number of carbonyl (C=O) groups excluding carboxylic acids is 2. The lowest BCUT2D eigenvalue weighted by molar-refractivity contribution is -0.122. The summed E-state index contributed by atoms with van der Waals surface area (Å²) < 4.78 is 11.4. The summed E-state index contributed by atoms with van der Waals surface area (Å²) in [6, 6.07) is 7.74. The number of ether oxygens (including phenoxy) is 2. The Hall–Kier alpha value is -3.03. The van der Waals surface area contributed by atoms with Crippen LogP contribution in [0.2, 0.25) is 0 Å². The second kappa shape index (κ2) is 8.99. The van der Waals surface area contributed by atoms with Crippen LogP contribution in [0.1, 0.15) is 64.3 Å². The Bertz CT molecular complexity index is 945. The third-order valence-corrected chi connectivity index (χ3v) is 5.04. The van der Waals surface area contributed by atoms with Crippen molar-refractivity contribution in [3.05, 3.63) is 41.1 Å². The number of carbonyl (C=O) groups is 2. The summed E-state index contributed by atoms with van der Waals surface area (Å²) in [4.78, 5) is 26.7. The van der Waals surface area contributed by atoms with Crippen LogP contribution in [0.25, 0.3) is 0 Å². The minimum Gasteiger partial charge on any atom is -0.481 e. The molecule has 0 fully saturated rings. The molecule has 1 atom stereocenters. The molecule has 2 aromatic rings. The maximum atomic E-state index is 12.7. The molecule has 0 radical (unpaired) electrons. The van der Waals surface area contributed by atoms with Crippen LogP contribution < -0.4 is 10.1 Å². The summed E-state index contributed by atoms with van der Waals surface area (Å²) in [5.41, 5.74) is 2.21. The molecule has 0 saturated heterocycles. The Morgan fingerprint density at radius 3 is 2.58 bits per heavy atom. The van der Waals surface area contributed by atoms with E-state index in [9.17, 15) is 9.59 Å². The molecule has 1 aromatic carbocycles. The van der Waals surface area contributed by atoms with Crippen LogP contribution in [0, 0.1) is 0 Å². The monoisotopic (exact) mass is 428 g/mol. The van der Waals surface area contributed by atoms with Crippen molar-refractivity contribution in [1.82, 2.24) is 15.1 Å². The van der Waals surface area contributed by atoms with E-state index in [1.165, 1.54) is 0 Å². The molecule has 0 spiro atoms. The van der Waals surface area contributed by atoms with E-state index in [4.69, 9.17) is 9.47 Å². The molecule has 1 aliphatic heterocycles. The molecule has 0 saturated carbocycles. The molecular formula is C23H32N4O4. The molecular weight excluding hydrogens is 396 g/mol. The molecule has 2 heterocycles. The third-order valence-electron chi connectivity index (χ3n) is 5.04. The molecule has 1 aromatic heterocycles. The highest BCUT2D eigenvalue weighted by atomic mass is 16.6. The van der Waals surface area contributed by atoms with Gasteiger partial charge in [0.1, 0.15) is 11.4 Å². The first-order chi connectivity index (χ1) is 14.5. The fourth-order valence-electron chi connectivity index (χ4n) is 3.43. The van der Waals surface area contributed by atoms with Crippen LogP contribution >= 0.6 is 0 Å². The van der Waals surface area contributed by atoms with Crippen LogP contribution in [0.15, 0.2) is 24.3 Å². The van der Waals surface area contributed by atoms with Crippen molar-refractivity contribution in [2.45, 2.75) is 72.1 Å². The van der Waals surface area contributed by atoms with Gasteiger partial charge in [0.05, 0.1) is 12.2 Å². The van der Waals surface area contributed by atoms with Gasteiger partial charge in [0.2, 0.25) is 0 Å². The maximum absolute atomic E-state index is 12.7. The molecule has 2 amide bonds. The van der Waals surface area contributed by atoms with Gasteiger partial charge in [0, 0.05) is 12.1 Å². The van der Waals surface area contributed by atoms with Crippen molar-refractivity contribution in [2.24, 2.45) is 0 Å². The molecule has 2 N–H and O–H groups in total. The number of fused-ring (bicyclic) bond motifs is 1. The zero-order chi connectivity index (χ0) is 22.8. The van der Waals surface area contributed by atoms with Crippen molar-refractivity contribution in [1.29, 1.82) is 0 Å². The van der Waals surface area contributed by atoms with Crippen molar-refractivity contribution in [3.63, 3.8) is 0 Å². The van der Waals surface area contributed by atoms with Gasteiger partial charge in [-0.3, -0.25) is 9.89 Å². The lowest BCUT2D eigenvalue weighted by atomic mass is 10.0. The maximum Gasteiger partial charge on any atom is 0.410 e. The fraction of sp³-hybridized carbons (Fsp3) is 0.522. The zero-order valence-corrected chi connectivity index (χ0v) is 19.1. The number of nitrogens with zero attached hydrogens (tertiary/aromatic N) is 2. The summed E-state index contributed by atoms with van der Waals surface area (Å²) in [7, 11) is 0. The number of H-pyrrole nitrogens is 1. The van der Waals surface area contributed by atoms with Crippen LogP contribution in [-0.4, -0.2) is 45.3 Å². The quantitative estimate of drug-likeness (QED) is 0.743. The van der Waals surface area contributed by atoms with E-state index in [-0.39, 0.29) is 17.9 Å². The minimum absolute atomic E-state index is 0.276. The van der Waals surface area contributed by atoms with Crippen LogP contribution in [-0.2, 0) is 22.5 Å². The molecule has 1 unspecified atom stereocenters. The molecule has 1 aliphatic rings. The van der Waals surface area contributed by atoms with Gasteiger partial charge in [-0.2, -0.15) is 5.10 Å². The predicted molar refractivity (Wildman–Crippen MR) is 118 cm³/mol. The zero-order valence-electron chi connectivity index (χ0n) is 19.1. The number of para-hydroxylation sites is 1. The SMILES string of the molecule is CC(Oc1ccccc1C(C)C)C(=O)Nc1n[nH]c2c1CCN(C(=O)OC(C)(C)C)C2. The number of amides is 2. The van der Waals surface area contributed by atoms with E-state index in [1.54, 1.807) is 11.8 Å². The van der Waals surface area contributed by atoms with E-state index >= 15 is 0 Å². The lowest BCUT2D eigenvalue weighted by Crippen LogP contribution is -2.40. The fourth-order valence-corrected chi connectivity index (χ4v) is 3.43. The van der Waals surface area contributed by atoms with Crippen LogP contribution in [0.5, 0.6) is 5.75 Å². The van der Waals surface area contributed by atoms with Gasteiger partial charge in [-0.1, -0.05) is 32.0 Å². The summed E-state index contributed by atoms with van der Waals surface area (Å²) in [6.45, 7) is 12.3. The van der Waals surface area contributed by atoms with Gasteiger partial charge in [-0.25, -0.2) is 4.79 Å². The largest absolute Gasteiger partial charge is 0.481 e. The third kappa shape index (κ3) is 5.57. The smallest absolute Gasteiger partial charge is 0.410 e. The summed E-state index contributed by atoms with van der Waals surface area (Å²) >= 11 is 0. The van der Waals surface area contributed by atoms with E-state index in [0.717, 1.165) is 16.8 Å². The summed E-state index contributed by atoms with van der Waals surface area (Å²) in [5, 5.41) is 10.0. The van der Waals surface area contributed by atoms with Gasteiger partial charge >= 0.3 is 6.09 Å². The topological polar surface area (TPSA) is 96.5 Å². The number of anilines is 1. The first-order valence-electron chi connectivity index (χ1n) is 10.7. The standard InChI is InChI=1S/C23H32N4O4/c1-14(2)16-9-7-8-10-19(16)30-15(3)21(28)24-20-17-11-12-27(13-18(17)25-26-20)22(29)31-23(4,5)6/h7-10,14-15H,11-13H2,1-6H3,(H2,24,25,26,28). The average molecular weight is 429 g/mol. The van der Waals surface area contributed by atoms with Crippen LogP contribution in [0.3, 0.4) is 0 Å². The first kappa shape index (κ1) is 22.7. The van der Waals surface area contributed by atoms with Crippen LogP contribution in [0.4, 0.5) is 10.6 Å². The van der Waals surface area contributed by atoms with Crippen molar-refractivity contribution < 1.29 is 19.1 Å². The number of rotatable bonds is 5. The summed E-state index contributed by atoms with van der Waals surface area (Å²) in [6.07, 6.45) is -0.468. The molecule has 168 valence electrons. The van der Waals surface area contributed by atoms with Gasteiger partial charge < -0.3 is 19.7 Å². The Balaban J connectivity index is 1.63. The molecule has 0 aliphatic carbocycles. The molecule has 8 nitrogen and oxygen atoms in total. The lowest BCUT2D eigenvalue weighted by Gasteiger charge is -2.29. The predicted octanol–water partition coefficient (Wildman–Crippen LogP) is 4.23. The minimum atomic E-state index is -0.686. The molecule has 0 bridgehead atoms. The van der Waals surface area contributed by atoms with Crippen molar-refractivity contribution in [2.75, 3.05) is 11.9 Å².